The van der Waals surface area contributed by atoms with E-state index in [0.717, 1.165) is 12.0 Å². The van der Waals surface area contributed by atoms with E-state index < -0.39 is 0 Å². The van der Waals surface area contributed by atoms with Crippen molar-refractivity contribution in [2.24, 2.45) is 0 Å². The number of urea groups is 1. The number of hydrogen-bond acceptors (Lipinski definition) is 4. The standard InChI is InChI=1S/C18H28N4O3/c1-13-6-7-15(10-16(13)20-17(23)12-21(3)4)19-18(24)22-8-5-9-25-14(2)11-22/h6-7,10,14H,5,8-9,11-12H2,1-4H3,(H,19,24)(H,20,23). The first-order valence-electron chi connectivity index (χ1n) is 8.58. The fourth-order valence-corrected chi connectivity index (χ4v) is 2.69. The molecule has 0 aliphatic carbocycles. The molecule has 3 amide bonds. The van der Waals surface area contributed by atoms with E-state index in [2.05, 4.69) is 10.6 Å². The summed E-state index contributed by atoms with van der Waals surface area (Å²) >= 11 is 0. The molecule has 0 saturated carbocycles. The van der Waals surface area contributed by atoms with Crippen LogP contribution in [0.2, 0.25) is 0 Å². The van der Waals surface area contributed by atoms with E-state index in [1.165, 1.54) is 0 Å². The molecule has 1 fully saturated rings. The van der Waals surface area contributed by atoms with Crippen LogP contribution >= 0.6 is 0 Å². The third-order valence-corrected chi connectivity index (χ3v) is 3.96. The largest absolute Gasteiger partial charge is 0.377 e. The van der Waals surface area contributed by atoms with Crippen LogP contribution in [-0.4, -0.2) is 68.2 Å². The van der Waals surface area contributed by atoms with E-state index in [4.69, 9.17) is 4.74 Å². The molecule has 0 spiro atoms. The Balaban J connectivity index is 2.03. The zero-order chi connectivity index (χ0) is 18.4. The third-order valence-electron chi connectivity index (χ3n) is 3.96. The lowest BCUT2D eigenvalue weighted by atomic mass is 10.1. The topological polar surface area (TPSA) is 73.9 Å². The maximum Gasteiger partial charge on any atom is 0.321 e. The van der Waals surface area contributed by atoms with Gasteiger partial charge in [-0.3, -0.25) is 4.79 Å². The fourth-order valence-electron chi connectivity index (χ4n) is 2.69. The van der Waals surface area contributed by atoms with Crippen molar-refractivity contribution in [1.29, 1.82) is 0 Å². The van der Waals surface area contributed by atoms with Crippen molar-refractivity contribution in [3.05, 3.63) is 23.8 Å². The smallest absolute Gasteiger partial charge is 0.321 e. The summed E-state index contributed by atoms with van der Waals surface area (Å²) in [6.07, 6.45) is 0.865. The van der Waals surface area contributed by atoms with Gasteiger partial charge in [0.1, 0.15) is 0 Å². The zero-order valence-electron chi connectivity index (χ0n) is 15.5. The SMILES string of the molecule is Cc1ccc(NC(=O)N2CCCOC(C)C2)cc1NC(=O)CN(C)C. The first-order chi connectivity index (χ1) is 11.8. The van der Waals surface area contributed by atoms with Gasteiger partial charge in [0.25, 0.3) is 0 Å². The molecule has 1 aromatic carbocycles. The van der Waals surface area contributed by atoms with Crippen LogP contribution in [0, 0.1) is 6.92 Å². The van der Waals surface area contributed by atoms with Crippen molar-refractivity contribution in [1.82, 2.24) is 9.80 Å². The van der Waals surface area contributed by atoms with Gasteiger partial charge in [0.15, 0.2) is 0 Å². The summed E-state index contributed by atoms with van der Waals surface area (Å²) in [5.74, 6) is -0.0879. The van der Waals surface area contributed by atoms with Gasteiger partial charge < -0.3 is 25.2 Å². The Hall–Kier alpha value is -2.12. The molecule has 1 atom stereocenters. The number of carbonyl (C=O) groups excluding carboxylic acids is 2. The molecule has 7 nitrogen and oxygen atoms in total. The second-order valence-electron chi connectivity index (χ2n) is 6.73. The van der Waals surface area contributed by atoms with Gasteiger partial charge in [-0.25, -0.2) is 4.79 Å². The molecule has 0 bridgehead atoms. The Bertz CT molecular complexity index is 618. The summed E-state index contributed by atoms with van der Waals surface area (Å²) in [7, 11) is 3.68. The monoisotopic (exact) mass is 348 g/mol. The molecular formula is C18H28N4O3. The summed E-state index contributed by atoms with van der Waals surface area (Å²) in [6, 6.07) is 5.37. The average molecular weight is 348 g/mol. The van der Waals surface area contributed by atoms with E-state index in [1.54, 1.807) is 15.9 Å². The Morgan fingerprint density at radius 3 is 2.80 bits per heavy atom. The number of hydrogen-bond donors (Lipinski definition) is 2. The average Bonchev–Trinajstić information content (AvgIpc) is 2.74. The normalized spacial score (nSPS) is 18.0. The van der Waals surface area contributed by atoms with Crippen molar-refractivity contribution >= 4 is 23.3 Å². The number of amides is 3. The predicted octanol–water partition coefficient (Wildman–Crippen LogP) is 2.14. The minimum absolute atomic E-state index is 0.0344. The molecule has 2 rings (SSSR count). The number of likely N-dealkylation sites (N-methyl/N-ethyl adjacent to an activating group) is 1. The van der Waals surface area contributed by atoms with E-state index in [0.29, 0.717) is 37.6 Å². The summed E-state index contributed by atoms with van der Waals surface area (Å²) in [4.78, 5) is 28.0. The van der Waals surface area contributed by atoms with Crippen molar-refractivity contribution in [3.8, 4) is 0 Å². The van der Waals surface area contributed by atoms with E-state index >= 15 is 0 Å². The second-order valence-corrected chi connectivity index (χ2v) is 6.73. The lowest BCUT2D eigenvalue weighted by Crippen LogP contribution is -2.38. The molecule has 7 heteroatoms. The lowest BCUT2D eigenvalue weighted by Gasteiger charge is -2.23. The highest BCUT2D eigenvalue weighted by molar-refractivity contribution is 5.95. The van der Waals surface area contributed by atoms with Gasteiger partial charge in [-0.15, -0.1) is 0 Å². The number of benzene rings is 1. The van der Waals surface area contributed by atoms with Gasteiger partial charge >= 0.3 is 6.03 Å². The van der Waals surface area contributed by atoms with Gasteiger partial charge in [-0.1, -0.05) is 6.07 Å². The zero-order valence-corrected chi connectivity index (χ0v) is 15.5. The lowest BCUT2D eigenvalue weighted by molar-refractivity contribution is -0.116. The number of aryl methyl sites for hydroxylation is 1. The maximum absolute atomic E-state index is 12.5. The van der Waals surface area contributed by atoms with Crippen LogP contribution in [0.25, 0.3) is 0 Å². The fraction of sp³-hybridized carbons (Fsp3) is 0.556. The number of nitrogens with one attached hydrogen (secondary N) is 2. The van der Waals surface area contributed by atoms with Crippen LogP contribution in [0.1, 0.15) is 18.9 Å². The number of carbonyl (C=O) groups is 2. The van der Waals surface area contributed by atoms with Crippen molar-refractivity contribution in [2.75, 3.05) is 51.0 Å². The molecule has 1 aromatic rings. The van der Waals surface area contributed by atoms with Gasteiger partial charge in [0.05, 0.1) is 12.6 Å². The van der Waals surface area contributed by atoms with Crippen LogP contribution in [0.5, 0.6) is 0 Å². The highest BCUT2D eigenvalue weighted by Gasteiger charge is 2.20. The Labute approximate surface area is 149 Å². The quantitative estimate of drug-likeness (QED) is 0.874. The highest BCUT2D eigenvalue weighted by atomic mass is 16.5. The van der Waals surface area contributed by atoms with Crippen LogP contribution in [0.3, 0.4) is 0 Å². The minimum atomic E-state index is -0.147. The van der Waals surface area contributed by atoms with E-state index in [1.807, 2.05) is 40.1 Å². The Morgan fingerprint density at radius 2 is 2.08 bits per heavy atom. The van der Waals surface area contributed by atoms with E-state index in [9.17, 15) is 9.59 Å². The van der Waals surface area contributed by atoms with Crippen molar-refractivity contribution < 1.29 is 14.3 Å². The minimum Gasteiger partial charge on any atom is -0.377 e. The van der Waals surface area contributed by atoms with Crippen molar-refractivity contribution in [2.45, 2.75) is 26.4 Å². The number of rotatable bonds is 4. The molecular weight excluding hydrogens is 320 g/mol. The molecule has 0 radical (unpaired) electrons. The summed E-state index contributed by atoms with van der Waals surface area (Å²) in [5, 5.41) is 5.80. The Kier molecular flexibility index (Phi) is 6.78. The van der Waals surface area contributed by atoms with Crippen LogP contribution in [0.15, 0.2) is 18.2 Å². The van der Waals surface area contributed by atoms with E-state index in [-0.39, 0.29) is 18.0 Å². The molecule has 0 aromatic heterocycles. The van der Waals surface area contributed by atoms with Crippen LogP contribution < -0.4 is 10.6 Å². The Morgan fingerprint density at radius 1 is 1.32 bits per heavy atom. The molecule has 1 aliphatic heterocycles. The van der Waals surface area contributed by atoms with Gasteiger partial charge in [-0.05, 0) is 52.1 Å². The molecule has 1 aliphatic rings. The van der Waals surface area contributed by atoms with Crippen LogP contribution in [0.4, 0.5) is 16.2 Å². The highest BCUT2D eigenvalue weighted by Crippen LogP contribution is 2.21. The molecule has 1 heterocycles. The molecule has 138 valence electrons. The number of anilines is 2. The predicted molar refractivity (Wildman–Crippen MR) is 99.0 cm³/mol. The molecule has 1 unspecified atom stereocenters. The van der Waals surface area contributed by atoms with Crippen LogP contribution in [-0.2, 0) is 9.53 Å². The summed E-state index contributed by atoms with van der Waals surface area (Å²) < 4.78 is 5.57. The second kappa shape index (κ2) is 8.82. The third kappa shape index (κ3) is 6.03. The molecule has 25 heavy (non-hydrogen) atoms. The summed E-state index contributed by atoms with van der Waals surface area (Å²) in [6.45, 7) is 6.12. The number of ether oxygens (including phenoxy) is 1. The summed E-state index contributed by atoms with van der Waals surface area (Å²) in [5.41, 5.74) is 2.31. The molecule has 2 N–H and O–H groups in total. The molecule has 1 saturated heterocycles. The maximum atomic E-state index is 12.5. The van der Waals surface area contributed by atoms with Gasteiger partial charge in [-0.2, -0.15) is 0 Å². The number of nitrogens with zero attached hydrogens (tertiary/aromatic N) is 2. The van der Waals surface area contributed by atoms with Gasteiger partial charge in [0.2, 0.25) is 5.91 Å². The van der Waals surface area contributed by atoms with Crippen molar-refractivity contribution in [3.63, 3.8) is 0 Å². The first kappa shape index (κ1) is 19.2. The first-order valence-corrected chi connectivity index (χ1v) is 8.58. The van der Waals surface area contributed by atoms with Gasteiger partial charge in [0, 0.05) is 31.1 Å².